The molecule has 0 amide bonds. The molecule has 11 heavy (non-hydrogen) atoms. The molecule has 0 aliphatic heterocycles. The summed E-state index contributed by atoms with van der Waals surface area (Å²) in [7, 11) is 0. The molecule has 1 N–H and O–H groups in total. The summed E-state index contributed by atoms with van der Waals surface area (Å²) < 4.78 is 0. The molecule has 0 aromatic carbocycles. The maximum atomic E-state index is 9.25. The molecule has 0 spiro atoms. The number of hydrogen-bond acceptors (Lipinski definition) is 2. The largest absolute Gasteiger partial charge is 0.378 e. The van der Waals surface area contributed by atoms with Gasteiger partial charge in [-0.15, -0.1) is 0 Å². The molecule has 1 rings (SSSR count). The molecular weight excluding hydrogens is 138 g/mol. The smallest absolute Gasteiger partial charge is 0.143 e. The second-order valence-electron chi connectivity index (χ2n) is 3.33. The van der Waals surface area contributed by atoms with E-state index in [1.807, 2.05) is 6.07 Å². The zero-order valence-electron chi connectivity index (χ0n) is 6.79. The van der Waals surface area contributed by atoms with Gasteiger partial charge >= 0.3 is 0 Å². The Kier molecular flexibility index (Phi) is 3.38. The van der Waals surface area contributed by atoms with E-state index in [0.29, 0.717) is 0 Å². The Morgan fingerprint density at radius 2 is 1.73 bits per heavy atom. The van der Waals surface area contributed by atoms with Crippen LogP contribution in [0.1, 0.15) is 38.5 Å². The number of hydrogen-bond donors (Lipinski definition) is 1. The Bertz CT molecular complexity index is 142. The zero-order chi connectivity index (χ0) is 8.10. The highest BCUT2D eigenvalue weighted by atomic mass is 16.3. The van der Waals surface area contributed by atoms with Gasteiger partial charge in [0.25, 0.3) is 0 Å². The van der Waals surface area contributed by atoms with Crippen molar-refractivity contribution in [1.29, 1.82) is 5.26 Å². The zero-order valence-corrected chi connectivity index (χ0v) is 6.79. The van der Waals surface area contributed by atoms with Crippen molar-refractivity contribution in [3.8, 4) is 6.07 Å². The van der Waals surface area contributed by atoms with E-state index in [9.17, 15) is 5.11 Å². The van der Waals surface area contributed by atoms with E-state index in [2.05, 4.69) is 0 Å². The highest BCUT2D eigenvalue weighted by Gasteiger charge is 2.19. The molecular formula is C9H15NO. The molecule has 0 aromatic rings. The second-order valence-corrected chi connectivity index (χ2v) is 3.33. The van der Waals surface area contributed by atoms with Crippen LogP contribution in [0.3, 0.4) is 0 Å². The lowest BCUT2D eigenvalue weighted by Gasteiger charge is -2.13. The molecule has 2 heteroatoms. The standard InChI is InChI=1S/C9H15NO/c10-7-9(11)8-5-3-1-2-4-6-8/h8-9,11H,1-6H2. The third-order valence-electron chi connectivity index (χ3n) is 2.48. The van der Waals surface area contributed by atoms with E-state index in [1.54, 1.807) is 0 Å². The average molecular weight is 153 g/mol. The van der Waals surface area contributed by atoms with Crippen LogP contribution in [0.15, 0.2) is 0 Å². The van der Waals surface area contributed by atoms with Crippen molar-refractivity contribution >= 4 is 0 Å². The van der Waals surface area contributed by atoms with Crippen LogP contribution in [0, 0.1) is 17.2 Å². The fourth-order valence-corrected chi connectivity index (χ4v) is 1.73. The molecule has 1 unspecified atom stereocenters. The van der Waals surface area contributed by atoms with Crippen LogP contribution in [0.2, 0.25) is 0 Å². The first-order valence-corrected chi connectivity index (χ1v) is 4.42. The lowest BCUT2D eigenvalue weighted by atomic mass is 9.95. The summed E-state index contributed by atoms with van der Waals surface area (Å²) >= 11 is 0. The van der Waals surface area contributed by atoms with Gasteiger partial charge in [0.1, 0.15) is 6.10 Å². The molecule has 1 aliphatic rings. The summed E-state index contributed by atoms with van der Waals surface area (Å²) in [5, 5.41) is 17.7. The Morgan fingerprint density at radius 3 is 2.18 bits per heavy atom. The Morgan fingerprint density at radius 1 is 1.18 bits per heavy atom. The van der Waals surface area contributed by atoms with Gasteiger partial charge in [0.2, 0.25) is 0 Å². The Balaban J connectivity index is 2.37. The van der Waals surface area contributed by atoms with Gasteiger partial charge in [0.05, 0.1) is 6.07 Å². The van der Waals surface area contributed by atoms with Gasteiger partial charge in [-0.05, 0) is 18.8 Å². The number of aliphatic hydroxyl groups excluding tert-OH is 1. The van der Waals surface area contributed by atoms with Crippen molar-refractivity contribution in [1.82, 2.24) is 0 Å². The molecule has 1 fully saturated rings. The van der Waals surface area contributed by atoms with Crippen LogP contribution in [-0.4, -0.2) is 11.2 Å². The van der Waals surface area contributed by atoms with E-state index in [-0.39, 0.29) is 5.92 Å². The van der Waals surface area contributed by atoms with E-state index in [1.165, 1.54) is 25.7 Å². The van der Waals surface area contributed by atoms with E-state index >= 15 is 0 Å². The summed E-state index contributed by atoms with van der Waals surface area (Å²) in [6, 6.07) is 1.92. The van der Waals surface area contributed by atoms with Crippen molar-refractivity contribution < 1.29 is 5.11 Å². The number of nitrogens with zero attached hydrogens (tertiary/aromatic N) is 1. The topological polar surface area (TPSA) is 44.0 Å². The van der Waals surface area contributed by atoms with Crippen LogP contribution < -0.4 is 0 Å². The quantitative estimate of drug-likeness (QED) is 0.461. The minimum atomic E-state index is -0.715. The van der Waals surface area contributed by atoms with E-state index in [0.717, 1.165) is 12.8 Å². The van der Waals surface area contributed by atoms with Gasteiger partial charge in [0.15, 0.2) is 0 Å². The molecule has 0 heterocycles. The second kappa shape index (κ2) is 4.35. The fraction of sp³-hybridized carbons (Fsp3) is 0.889. The number of nitriles is 1. The number of rotatable bonds is 1. The van der Waals surface area contributed by atoms with Crippen LogP contribution in [0.4, 0.5) is 0 Å². The van der Waals surface area contributed by atoms with Crippen molar-refractivity contribution in [2.75, 3.05) is 0 Å². The van der Waals surface area contributed by atoms with Crippen molar-refractivity contribution in [2.24, 2.45) is 5.92 Å². The van der Waals surface area contributed by atoms with E-state index in [4.69, 9.17) is 5.26 Å². The minimum absolute atomic E-state index is 0.252. The summed E-state index contributed by atoms with van der Waals surface area (Å²) in [5.41, 5.74) is 0. The predicted octanol–water partition coefficient (Wildman–Crippen LogP) is 1.84. The molecule has 62 valence electrons. The van der Waals surface area contributed by atoms with Crippen LogP contribution in [0.5, 0.6) is 0 Å². The number of aliphatic hydroxyl groups is 1. The summed E-state index contributed by atoms with van der Waals surface area (Å²) in [4.78, 5) is 0. The van der Waals surface area contributed by atoms with Gasteiger partial charge in [-0.25, -0.2) is 0 Å². The maximum absolute atomic E-state index is 9.25. The van der Waals surface area contributed by atoms with Crippen LogP contribution in [-0.2, 0) is 0 Å². The molecule has 1 atom stereocenters. The van der Waals surface area contributed by atoms with Crippen molar-refractivity contribution in [3.63, 3.8) is 0 Å². The predicted molar refractivity (Wildman–Crippen MR) is 42.8 cm³/mol. The maximum Gasteiger partial charge on any atom is 0.143 e. The molecule has 0 aromatic heterocycles. The summed E-state index contributed by atoms with van der Waals surface area (Å²) in [6.07, 6.45) is 6.27. The fourth-order valence-electron chi connectivity index (χ4n) is 1.73. The van der Waals surface area contributed by atoms with Crippen molar-refractivity contribution in [3.05, 3.63) is 0 Å². The van der Waals surface area contributed by atoms with Gasteiger partial charge in [-0.2, -0.15) is 5.26 Å². The first-order chi connectivity index (χ1) is 5.34. The third kappa shape index (κ3) is 2.51. The Hall–Kier alpha value is -0.550. The molecule has 1 aliphatic carbocycles. The highest BCUT2D eigenvalue weighted by molar-refractivity contribution is 4.88. The Labute approximate surface area is 67.8 Å². The van der Waals surface area contributed by atoms with Gasteiger partial charge in [0, 0.05) is 0 Å². The lowest BCUT2D eigenvalue weighted by Crippen LogP contribution is -2.17. The normalized spacial score (nSPS) is 23.6. The molecule has 1 saturated carbocycles. The average Bonchev–Trinajstić information content (AvgIpc) is 2.30. The summed E-state index contributed by atoms with van der Waals surface area (Å²) in [6.45, 7) is 0. The lowest BCUT2D eigenvalue weighted by molar-refractivity contribution is 0.148. The monoisotopic (exact) mass is 153 g/mol. The minimum Gasteiger partial charge on any atom is -0.378 e. The van der Waals surface area contributed by atoms with E-state index < -0.39 is 6.10 Å². The van der Waals surface area contributed by atoms with Crippen molar-refractivity contribution in [2.45, 2.75) is 44.6 Å². The molecule has 2 nitrogen and oxygen atoms in total. The third-order valence-corrected chi connectivity index (χ3v) is 2.48. The summed E-state index contributed by atoms with van der Waals surface area (Å²) in [5.74, 6) is 0.252. The molecule has 0 radical (unpaired) electrons. The van der Waals surface area contributed by atoms with Crippen LogP contribution in [0.25, 0.3) is 0 Å². The van der Waals surface area contributed by atoms with Gasteiger partial charge in [-0.1, -0.05) is 25.7 Å². The van der Waals surface area contributed by atoms with Gasteiger partial charge in [-0.3, -0.25) is 0 Å². The molecule has 0 bridgehead atoms. The first-order valence-electron chi connectivity index (χ1n) is 4.42. The van der Waals surface area contributed by atoms with Gasteiger partial charge < -0.3 is 5.11 Å². The highest BCUT2D eigenvalue weighted by Crippen LogP contribution is 2.25. The van der Waals surface area contributed by atoms with Crippen LogP contribution >= 0.6 is 0 Å². The first kappa shape index (κ1) is 8.55. The SMILES string of the molecule is N#CC(O)C1CCCCCC1. The molecule has 0 saturated heterocycles.